The highest BCUT2D eigenvalue weighted by Crippen LogP contribution is 2.47. The van der Waals surface area contributed by atoms with E-state index in [1.54, 1.807) is 0 Å². The maximum Gasteiger partial charge on any atom is 0.0686 e. The molecular weight excluding hydrogens is 266 g/mol. The highest BCUT2D eigenvalue weighted by molar-refractivity contribution is 7.08. The molecule has 2 heterocycles. The van der Waals surface area contributed by atoms with Gasteiger partial charge in [0.15, 0.2) is 0 Å². The van der Waals surface area contributed by atoms with E-state index >= 15 is 0 Å². The number of hydrogen-bond acceptors (Lipinski definition) is 3. The molecule has 1 spiro atoms. The molecule has 2 nitrogen and oxygen atoms in total. The van der Waals surface area contributed by atoms with Crippen molar-refractivity contribution >= 4 is 11.3 Å². The van der Waals surface area contributed by atoms with Crippen molar-refractivity contribution < 1.29 is 4.74 Å². The molecule has 2 atom stereocenters. The second-order valence-electron chi connectivity index (χ2n) is 6.58. The number of nitrogens with one attached hydrogen (secondary N) is 1. The van der Waals surface area contributed by atoms with Gasteiger partial charge in [0.05, 0.1) is 5.60 Å². The summed E-state index contributed by atoms with van der Waals surface area (Å²) in [4.78, 5) is 0. The fraction of sp³-hybridized carbons (Fsp3) is 0.765. The summed E-state index contributed by atoms with van der Waals surface area (Å²) < 4.78 is 6.11. The first-order valence-electron chi connectivity index (χ1n) is 8.14. The molecular formula is C17H27NOS. The van der Waals surface area contributed by atoms with Crippen molar-refractivity contribution in [2.45, 2.75) is 64.0 Å². The third kappa shape index (κ3) is 2.81. The van der Waals surface area contributed by atoms with Gasteiger partial charge in [0.25, 0.3) is 0 Å². The van der Waals surface area contributed by atoms with Gasteiger partial charge in [0.2, 0.25) is 0 Å². The molecule has 2 aliphatic rings. The van der Waals surface area contributed by atoms with Gasteiger partial charge in [0.1, 0.15) is 0 Å². The Morgan fingerprint density at radius 2 is 2.30 bits per heavy atom. The normalized spacial score (nSPS) is 26.4. The molecule has 1 N–H and O–H groups in total. The quantitative estimate of drug-likeness (QED) is 0.866. The molecule has 1 saturated heterocycles. The third-order valence-corrected chi connectivity index (χ3v) is 5.99. The Bertz CT molecular complexity index is 438. The van der Waals surface area contributed by atoms with Crippen molar-refractivity contribution in [2.75, 3.05) is 13.2 Å². The fourth-order valence-corrected chi connectivity index (χ4v) is 4.68. The van der Waals surface area contributed by atoms with E-state index in [1.165, 1.54) is 49.7 Å². The summed E-state index contributed by atoms with van der Waals surface area (Å²) in [5, 5.41) is 8.46. The van der Waals surface area contributed by atoms with Gasteiger partial charge in [-0.3, -0.25) is 0 Å². The Morgan fingerprint density at radius 3 is 2.90 bits per heavy atom. The van der Waals surface area contributed by atoms with Gasteiger partial charge in [-0.1, -0.05) is 6.92 Å². The molecule has 3 rings (SSSR count). The predicted molar refractivity (Wildman–Crippen MR) is 85.3 cm³/mol. The molecule has 0 aromatic carbocycles. The third-order valence-electron chi connectivity index (χ3n) is 5.11. The van der Waals surface area contributed by atoms with E-state index in [2.05, 4.69) is 29.9 Å². The summed E-state index contributed by atoms with van der Waals surface area (Å²) in [5.41, 5.74) is 3.24. The van der Waals surface area contributed by atoms with E-state index in [1.807, 2.05) is 11.3 Å². The summed E-state index contributed by atoms with van der Waals surface area (Å²) in [6.45, 7) is 6.58. The van der Waals surface area contributed by atoms with Crippen LogP contribution in [0.15, 0.2) is 10.8 Å². The Hall–Kier alpha value is -0.380. The lowest BCUT2D eigenvalue weighted by molar-refractivity contribution is -0.147. The minimum Gasteiger partial charge on any atom is -0.375 e. The molecule has 0 amide bonds. The van der Waals surface area contributed by atoms with Crippen LogP contribution in [0.3, 0.4) is 0 Å². The Morgan fingerprint density at radius 1 is 1.45 bits per heavy atom. The zero-order chi connectivity index (χ0) is 14.0. The maximum absolute atomic E-state index is 6.11. The molecule has 20 heavy (non-hydrogen) atoms. The summed E-state index contributed by atoms with van der Waals surface area (Å²) in [6.07, 6.45) is 7.59. The van der Waals surface area contributed by atoms with Gasteiger partial charge < -0.3 is 10.1 Å². The van der Waals surface area contributed by atoms with Crippen LogP contribution in [0, 0.1) is 12.8 Å². The largest absolute Gasteiger partial charge is 0.375 e. The summed E-state index contributed by atoms with van der Waals surface area (Å²) in [6, 6.07) is 0.530. The van der Waals surface area contributed by atoms with Gasteiger partial charge in [-0.05, 0) is 79.8 Å². The van der Waals surface area contributed by atoms with Crippen LogP contribution in [0.1, 0.15) is 62.6 Å². The first kappa shape index (κ1) is 14.6. The van der Waals surface area contributed by atoms with Gasteiger partial charge in [-0.2, -0.15) is 11.3 Å². The Labute approximate surface area is 126 Å². The van der Waals surface area contributed by atoms with Crippen molar-refractivity contribution in [2.24, 2.45) is 5.92 Å². The fourth-order valence-electron chi connectivity index (χ4n) is 3.79. The SMILES string of the molecule is CCCNC(c1cscc1C)C1CCOC2(CCC2)C1. The molecule has 1 saturated carbocycles. The average Bonchev–Trinajstić information content (AvgIpc) is 2.84. The molecule has 1 aromatic heterocycles. The van der Waals surface area contributed by atoms with Crippen molar-refractivity contribution in [3.63, 3.8) is 0 Å². The summed E-state index contributed by atoms with van der Waals surface area (Å²) in [7, 11) is 0. The highest BCUT2D eigenvalue weighted by Gasteiger charge is 2.44. The van der Waals surface area contributed by atoms with E-state index in [4.69, 9.17) is 4.74 Å². The van der Waals surface area contributed by atoms with Crippen LogP contribution in [0.25, 0.3) is 0 Å². The number of thiophene rings is 1. The van der Waals surface area contributed by atoms with Gasteiger partial charge in [-0.15, -0.1) is 0 Å². The topological polar surface area (TPSA) is 21.3 Å². The molecule has 2 fully saturated rings. The standard InChI is InChI=1S/C17H27NOS/c1-3-8-18-16(15-12-20-11-13(15)2)14-5-9-19-17(10-14)6-4-7-17/h11-12,14,16,18H,3-10H2,1-2H3. The summed E-state index contributed by atoms with van der Waals surface area (Å²) >= 11 is 1.84. The average molecular weight is 293 g/mol. The molecule has 3 heteroatoms. The lowest BCUT2D eigenvalue weighted by atomic mass is 9.69. The minimum atomic E-state index is 0.249. The van der Waals surface area contributed by atoms with Crippen LogP contribution in [0.4, 0.5) is 0 Å². The highest BCUT2D eigenvalue weighted by atomic mass is 32.1. The zero-order valence-electron chi connectivity index (χ0n) is 12.8. The van der Waals surface area contributed by atoms with Gasteiger partial charge >= 0.3 is 0 Å². The molecule has 1 aliphatic carbocycles. The van der Waals surface area contributed by atoms with E-state index in [0.717, 1.165) is 19.1 Å². The van der Waals surface area contributed by atoms with Crippen molar-refractivity contribution in [3.05, 3.63) is 21.9 Å². The number of hydrogen-bond donors (Lipinski definition) is 1. The first-order chi connectivity index (χ1) is 9.74. The monoisotopic (exact) mass is 293 g/mol. The lowest BCUT2D eigenvalue weighted by Gasteiger charge is -2.49. The first-order valence-corrected chi connectivity index (χ1v) is 9.08. The molecule has 1 aromatic rings. The number of aryl methyl sites for hydroxylation is 1. The summed E-state index contributed by atoms with van der Waals surface area (Å²) in [5.74, 6) is 0.740. The van der Waals surface area contributed by atoms with Crippen LogP contribution in [-0.4, -0.2) is 18.8 Å². The molecule has 112 valence electrons. The smallest absolute Gasteiger partial charge is 0.0686 e. The van der Waals surface area contributed by atoms with Crippen molar-refractivity contribution in [3.8, 4) is 0 Å². The van der Waals surface area contributed by atoms with Crippen LogP contribution in [0.5, 0.6) is 0 Å². The second kappa shape index (κ2) is 6.17. The van der Waals surface area contributed by atoms with E-state index in [9.17, 15) is 0 Å². The van der Waals surface area contributed by atoms with Gasteiger partial charge in [0, 0.05) is 12.6 Å². The van der Waals surface area contributed by atoms with Crippen molar-refractivity contribution in [1.29, 1.82) is 0 Å². The maximum atomic E-state index is 6.11. The molecule has 0 radical (unpaired) electrons. The van der Waals surface area contributed by atoms with Crippen LogP contribution in [0.2, 0.25) is 0 Å². The second-order valence-corrected chi connectivity index (χ2v) is 7.32. The lowest BCUT2D eigenvalue weighted by Crippen LogP contribution is -2.48. The van der Waals surface area contributed by atoms with Crippen LogP contribution >= 0.6 is 11.3 Å². The van der Waals surface area contributed by atoms with Gasteiger partial charge in [-0.25, -0.2) is 0 Å². The number of rotatable bonds is 5. The molecule has 1 aliphatic heterocycles. The zero-order valence-corrected chi connectivity index (χ0v) is 13.6. The molecule has 0 bridgehead atoms. The Kier molecular flexibility index (Phi) is 4.49. The predicted octanol–water partition coefficient (Wildman–Crippen LogP) is 4.45. The minimum absolute atomic E-state index is 0.249. The van der Waals surface area contributed by atoms with Crippen molar-refractivity contribution in [1.82, 2.24) is 5.32 Å². The van der Waals surface area contributed by atoms with E-state index < -0.39 is 0 Å². The van der Waals surface area contributed by atoms with Crippen LogP contribution < -0.4 is 5.32 Å². The Balaban J connectivity index is 1.76. The van der Waals surface area contributed by atoms with E-state index in [-0.39, 0.29) is 5.60 Å². The van der Waals surface area contributed by atoms with E-state index in [0.29, 0.717) is 6.04 Å². The van der Waals surface area contributed by atoms with Crippen LogP contribution in [-0.2, 0) is 4.74 Å². The number of ether oxygens (including phenoxy) is 1. The molecule has 2 unspecified atom stereocenters.